The Balaban J connectivity index is 2.69. The van der Waals surface area contributed by atoms with Crippen molar-refractivity contribution in [1.82, 2.24) is 9.80 Å². The lowest BCUT2D eigenvalue weighted by Crippen LogP contribution is -2.43. The average Bonchev–Trinajstić information content (AvgIpc) is 2.47. The van der Waals surface area contributed by atoms with Crippen molar-refractivity contribution in [2.24, 2.45) is 5.73 Å². The van der Waals surface area contributed by atoms with Gasteiger partial charge in [0.05, 0.1) is 6.54 Å². The maximum absolute atomic E-state index is 12.3. The van der Waals surface area contributed by atoms with Crippen molar-refractivity contribution in [1.29, 1.82) is 0 Å². The standard InChI is InChI=1S/C16H25N3O2/c1-5-19(6-2)14(20)11-18(4)16(21)15(17)13-9-7-12(3)8-10-13/h7-10,15H,5-6,11,17H2,1-4H3. The number of amides is 2. The van der Waals surface area contributed by atoms with Crippen LogP contribution in [0.15, 0.2) is 24.3 Å². The predicted octanol–water partition coefficient (Wildman–Crippen LogP) is 1.32. The van der Waals surface area contributed by atoms with Crippen LogP contribution >= 0.6 is 0 Å². The normalized spacial score (nSPS) is 11.9. The Kier molecular flexibility index (Phi) is 6.37. The van der Waals surface area contributed by atoms with Gasteiger partial charge in [-0.25, -0.2) is 0 Å². The minimum atomic E-state index is -0.736. The van der Waals surface area contributed by atoms with Crippen molar-refractivity contribution in [3.05, 3.63) is 35.4 Å². The number of nitrogens with two attached hydrogens (primary N) is 1. The van der Waals surface area contributed by atoms with E-state index >= 15 is 0 Å². The highest BCUT2D eigenvalue weighted by molar-refractivity contribution is 5.88. The van der Waals surface area contributed by atoms with E-state index in [0.717, 1.165) is 11.1 Å². The number of carbonyl (C=O) groups is 2. The van der Waals surface area contributed by atoms with Crippen molar-refractivity contribution in [3.8, 4) is 0 Å². The van der Waals surface area contributed by atoms with Crippen LogP contribution in [-0.2, 0) is 9.59 Å². The fourth-order valence-corrected chi connectivity index (χ4v) is 2.11. The van der Waals surface area contributed by atoms with E-state index in [0.29, 0.717) is 13.1 Å². The molecule has 0 heterocycles. The lowest BCUT2D eigenvalue weighted by Gasteiger charge is -2.25. The summed E-state index contributed by atoms with van der Waals surface area (Å²) in [5, 5.41) is 0. The molecule has 0 radical (unpaired) electrons. The molecule has 0 aromatic heterocycles. The molecule has 21 heavy (non-hydrogen) atoms. The van der Waals surface area contributed by atoms with E-state index in [2.05, 4.69) is 0 Å². The van der Waals surface area contributed by atoms with Crippen molar-refractivity contribution >= 4 is 11.8 Å². The van der Waals surface area contributed by atoms with Gasteiger partial charge in [0.15, 0.2) is 0 Å². The highest BCUT2D eigenvalue weighted by atomic mass is 16.2. The first kappa shape index (κ1) is 17.2. The minimum absolute atomic E-state index is 0.0556. The third-order valence-electron chi connectivity index (χ3n) is 3.57. The van der Waals surface area contributed by atoms with Gasteiger partial charge in [-0.15, -0.1) is 0 Å². The summed E-state index contributed by atoms with van der Waals surface area (Å²) in [6.45, 7) is 7.15. The number of likely N-dealkylation sites (N-methyl/N-ethyl adjacent to an activating group) is 2. The van der Waals surface area contributed by atoms with Crippen LogP contribution in [0.3, 0.4) is 0 Å². The molecule has 1 aromatic carbocycles. The van der Waals surface area contributed by atoms with E-state index in [4.69, 9.17) is 5.73 Å². The summed E-state index contributed by atoms with van der Waals surface area (Å²) in [5.41, 5.74) is 7.86. The SMILES string of the molecule is CCN(CC)C(=O)CN(C)C(=O)C(N)c1ccc(C)cc1. The van der Waals surface area contributed by atoms with E-state index in [9.17, 15) is 9.59 Å². The van der Waals surface area contributed by atoms with Crippen molar-refractivity contribution in [3.63, 3.8) is 0 Å². The van der Waals surface area contributed by atoms with Gasteiger partial charge in [-0.05, 0) is 26.3 Å². The molecule has 1 unspecified atom stereocenters. The van der Waals surface area contributed by atoms with E-state index in [1.807, 2.05) is 45.0 Å². The summed E-state index contributed by atoms with van der Waals surface area (Å²) < 4.78 is 0. The Morgan fingerprint density at radius 3 is 2.14 bits per heavy atom. The van der Waals surface area contributed by atoms with Gasteiger partial charge in [0.25, 0.3) is 0 Å². The minimum Gasteiger partial charge on any atom is -0.342 e. The van der Waals surface area contributed by atoms with Gasteiger partial charge >= 0.3 is 0 Å². The lowest BCUT2D eigenvalue weighted by atomic mass is 10.0. The van der Waals surface area contributed by atoms with Crippen LogP contribution in [0.4, 0.5) is 0 Å². The monoisotopic (exact) mass is 291 g/mol. The van der Waals surface area contributed by atoms with E-state index in [-0.39, 0.29) is 18.4 Å². The van der Waals surface area contributed by atoms with E-state index < -0.39 is 6.04 Å². The number of hydrogen-bond acceptors (Lipinski definition) is 3. The van der Waals surface area contributed by atoms with Crippen LogP contribution < -0.4 is 5.73 Å². The smallest absolute Gasteiger partial charge is 0.244 e. The maximum Gasteiger partial charge on any atom is 0.244 e. The molecule has 0 aliphatic rings. The van der Waals surface area contributed by atoms with Crippen LogP contribution in [0.1, 0.15) is 31.0 Å². The number of nitrogens with zero attached hydrogens (tertiary/aromatic N) is 2. The second-order valence-corrected chi connectivity index (χ2v) is 5.15. The van der Waals surface area contributed by atoms with Gasteiger partial charge in [0.1, 0.15) is 6.04 Å². The van der Waals surface area contributed by atoms with Gasteiger partial charge in [-0.1, -0.05) is 29.8 Å². The molecule has 0 spiro atoms. The van der Waals surface area contributed by atoms with E-state index in [1.165, 1.54) is 4.90 Å². The molecule has 5 heteroatoms. The summed E-state index contributed by atoms with van der Waals surface area (Å²) in [7, 11) is 1.61. The van der Waals surface area contributed by atoms with Gasteiger partial charge < -0.3 is 15.5 Å². The Labute approximate surface area is 126 Å². The van der Waals surface area contributed by atoms with Crippen LogP contribution in [0.25, 0.3) is 0 Å². The van der Waals surface area contributed by atoms with Crippen LogP contribution in [0.2, 0.25) is 0 Å². The second-order valence-electron chi connectivity index (χ2n) is 5.15. The molecule has 0 saturated heterocycles. The molecule has 116 valence electrons. The molecule has 0 fully saturated rings. The molecule has 0 aliphatic carbocycles. The maximum atomic E-state index is 12.3. The summed E-state index contributed by atoms with van der Waals surface area (Å²) in [6, 6.07) is 6.79. The first-order chi connectivity index (χ1) is 9.90. The predicted molar refractivity (Wildman–Crippen MR) is 83.7 cm³/mol. The topological polar surface area (TPSA) is 66.6 Å². The number of rotatable bonds is 6. The number of carbonyl (C=O) groups excluding carboxylic acids is 2. The first-order valence-corrected chi connectivity index (χ1v) is 7.25. The van der Waals surface area contributed by atoms with Crippen LogP contribution in [-0.4, -0.2) is 48.3 Å². The Hall–Kier alpha value is -1.88. The molecule has 0 bridgehead atoms. The molecule has 2 N–H and O–H groups in total. The molecule has 0 saturated carbocycles. The largest absolute Gasteiger partial charge is 0.342 e. The first-order valence-electron chi connectivity index (χ1n) is 7.25. The fourth-order valence-electron chi connectivity index (χ4n) is 2.11. The zero-order valence-corrected chi connectivity index (χ0v) is 13.3. The molecular weight excluding hydrogens is 266 g/mol. The van der Waals surface area contributed by atoms with Crippen molar-refractivity contribution < 1.29 is 9.59 Å². The highest BCUT2D eigenvalue weighted by Crippen LogP contribution is 2.13. The Morgan fingerprint density at radius 2 is 1.67 bits per heavy atom. The molecule has 0 aliphatic heterocycles. The van der Waals surface area contributed by atoms with Gasteiger partial charge in [0, 0.05) is 20.1 Å². The summed E-state index contributed by atoms with van der Waals surface area (Å²) in [4.78, 5) is 27.4. The van der Waals surface area contributed by atoms with Crippen LogP contribution in [0.5, 0.6) is 0 Å². The van der Waals surface area contributed by atoms with Crippen molar-refractivity contribution in [2.45, 2.75) is 26.8 Å². The summed E-state index contributed by atoms with van der Waals surface area (Å²) >= 11 is 0. The highest BCUT2D eigenvalue weighted by Gasteiger charge is 2.22. The molecule has 1 aromatic rings. The number of aryl methyl sites for hydroxylation is 1. The van der Waals surface area contributed by atoms with E-state index in [1.54, 1.807) is 11.9 Å². The van der Waals surface area contributed by atoms with Gasteiger partial charge in [-0.3, -0.25) is 9.59 Å². The average molecular weight is 291 g/mol. The Morgan fingerprint density at radius 1 is 1.14 bits per heavy atom. The zero-order chi connectivity index (χ0) is 16.0. The van der Waals surface area contributed by atoms with Gasteiger partial charge in [-0.2, -0.15) is 0 Å². The van der Waals surface area contributed by atoms with Gasteiger partial charge in [0.2, 0.25) is 11.8 Å². The molecule has 2 amide bonds. The molecule has 1 atom stereocenters. The lowest BCUT2D eigenvalue weighted by molar-refractivity contribution is -0.140. The van der Waals surface area contributed by atoms with Crippen molar-refractivity contribution in [2.75, 3.05) is 26.7 Å². The fraction of sp³-hybridized carbons (Fsp3) is 0.500. The van der Waals surface area contributed by atoms with Crippen LogP contribution in [0, 0.1) is 6.92 Å². The Bertz CT molecular complexity index is 481. The third-order valence-corrected chi connectivity index (χ3v) is 3.57. The molecule has 5 nitrogen and oxygen atoms in total. The quantitative estimate of drug-likeness (QED) is 0.859. The second kappa shape index (κ2) is 7.78. The molecule has 1 rings (SSSR count). The third kappa shape index (κ3) is 4.56. The zero-order valence-electron chi connectivity index (χ0n) is 13.3. The molecular formula is C16H25N3O2. The summed E-state index contributed by atoms with van der Waals surface area (Å²) in [6.07, 6.45) is 0. The number of benzene rings is 1. The summed E-state index contributed by atoms with van der Waals surface area (Å²) in [5.74, 6) is -0.314. The number of hydrogen-bond donors (Lipinski definition) is 1.